The molecule has 0 aliphatic carbocycles. The molecule has 2 saturated heterocycles. The summed E-state index contributed by atoms with van der Waals surface area (Å²) in [4.78, 5) is 7.60. The van der Waals surface area contributed by atoms with Crippen molar-refractivity contribution in [3.8, 4) is 0 Å². The number of hydrogen-bond acceptors (Lipinski definition) is 3. The Morgan fingerprint density at radius 3 is 2.55 bits per heavy atom. The zero-order valence-electron chi connectivity index (χ0n) is 11.9. The van der Waals surface area contributed by atoms with E-state index < -0.39 is 10.2 Å². The van der Waals surface area contributed by atoms with Crippen LogP contribution in [0.4, 0.5) is 0 Å². The number of rotatable bonds is 3. The second kappa shape index (κ2) is 5.46. The Morgan fingerprint density at radius 2 is 1.90 bits per heavy atom. The number of aromatic amines is 1. The van der Waals surface area contributed by atoms with Gasteiger partial charge in [0.15, 0.2) is 0 Å². The lowest BCUT2D eigenvalue weighted by Gasteiger charge is -2.33. The van der Waals surface area contributed by atoms with Crippen molar-refractivity contribution in [2.24, 2.45) is 0 Å². The van der Waals surface area contributed by atoms with E-state index in [4.69, 9.17) is 0 Å². The minimum atomic E-state index is -3.27. The van der Waals surface area contributed by atoms with Crippen LogP contribution in [0.3, 0.4) is 0 Å². The first kappa shape index (κ1) is 14.0. The van der Waals surface area contributed by atoms with Gasteiger partial charge in [0.1, 0.15) is 5.82 Å². The third kappa shape index (κ3) is 2.62. The molecule has 7 heteroatoms. The van der Waals surface area contributed by atoms with E-state index in [9.17, 15) is 8.42 Å². The summed E-state index contributed by atoms with van der Waals surface area (Å²) in [5.74, 6) is 1.11. The van der Waals surface area contributed by atoms with Crippen molar-refractivity contribution in [1.29, 1.82) is 0 Å². The SMILES string of the molecule is Cc1cnc(C2CCCN(S(=O)(=O)N3CCCC3)C2)[nH]1. The highest BCUT2D eigenvalue weighted by Crippen LogP contribution is 2.28. The second-order valence-corrected chi connectivity index (χ2v) is 7.69. The van der Waals surface area contributed by atoms with Gasteiger partial charge in [-0.3, -0.25) is 0 Å². The fourth-order valence-electron chi connectivity index (χ4n) is 3.10. The predicted molar refractivity (Wildman–Crippen MR) is 76.6 cm³/mol. The fourth-order valence-corrected chi connectivity index (χ4v) is 4.87. The summed E-state index contributed by atoms with van der Waals surface area (Å²) in [6.45, 7) is 4.49. The average Bonchev–Trinajstić information content (AvgIpc) is 3.10. The second-order valence-electron chi connectivity index (χ2n) is 5.76. The third-order valence-electron chi connectivity index (χ3n) is 4.21. The molecule has 1 atom stereocenters. The summed E-state index contributed by atoms with van der Waals surface area (Å²) >= 11 is 0. The van der Waals surface area contributed by atoms with Crippen LogP contribution in [-0.4, -0.2) is 53.2 Å². The minimum Gasteiger partial charge on any atom is -0.346 e. The number of nitrogens with zero attached hydrogens (tertiary/aromatic N) is 3. The van der Waals surface area contributed by atoms with Gasteiger partial charge in [-0.2, -0.15) is 17.0 Å². The summed E-state index contributed by atoms with van der Waals surface area (Å²) < 4.78 is 28.5. The number of imidazole rings is 1. The Bertz CT molecular complexity index is 563. The van der Waals surface area contributed by atoms with Crippen LogP contribution in [0.15, 0.2) is 6.20 Å². The lowest BCUT2D eigenvalue weighted by molar-refractivity contribution is 0.288. The molecule has 0 saturated carbocycles. The van der Waals surface area contributed by atoms with Gasteiger partial charge < -0.3 is 4.98 Å². The largest absolute Gasteiger partial charge is 0.346 e. The molecule has 1 aromatic rings. The van der Waals surface area contributed by atoms with Gasteiger partial charge in [0.25, 0.3) is 10.2 Å². The Balaban J connectivity index is 1.74. The number of H-pyrrole nitrogens is 1. The molecule has 0 spiro atoms. The lowest BCUT2D eigenvalue weighted by atomic mass is 9.99. The van der Waals surface area contributed by atoms with Crippen molar-refractivity contribution in [2.75, 3.05) is 26.2 Å². The van der Waals surface area contributed by atoms with Crippen LogP contribution in [0.2, 0.25) is 0 Å². The van der Waals surface area contributed by atoms with Crippen LogP contribution < -0.4 is 0 Å². The first-order valence-corrected chi connectivity index (χ1v) is 8.74. The van der Waals surface area contributed by atoms with Gasteiger partial charge >= 0.3 is 0 Å². The van der Waals surface area contributed by atoms with E-state index in [2.05, 4.69) is 9.97 Å². The monoisotopic (exact) mass is 298 g/mol. The Morgan fingerprint density at radius 1 is 1.20 bits per heavy atom. The zero-order chi connectivity index (χ0) is 14.2. The molecule has 2 aliphatic rings. The summed E-state index contributed by atoms with van der Waals surface area (Å²) in [6, 6.07) is 0. The highest BCUT2D eigenvalue weighted by Gasteiger charge is 2.35. The first-order valence-electron chi connectivity index (χ1n) is 7.34. The summed E-state index contributed by atoms with van der Waals surface area (Å²) in [5, 5.41) is 0. The maximum atomic E-state index is 12.6. The van der Waals surface area contributed by atoms with Crippen LogP contribution in [0.25, 0.3) is 0 Å². The molecule has 2 aliphatic heterocycles. The van der Waals surface area contributed by atoms with E-state index in [1.807, 2.05) is 13.1 Å². The Hall–Kier alpha value is -0.920. The van der Waals surface area contributed by atoms with Gasteiger partial charge in [-0.1, -0.05) is 0 Å². The van der Waals surface area contributed by atoms with E-state index in [1.54, 1.807) is 8.61 Å². The van der Waals surface area contributed by atoms with Crippen molar-refractivity contribution in [3.63, 3.8) is 0 Å². The number of hydrogen-bond donors (Lipinski definition) is 1. The van der Waals surface area contributed by atoms with E-state index in [1.165, 1.54) is 0 Å². The molecule has 1 N–H and O–H groups in total. The molecule has 2 fully saturated rings. The quantitative estimate of drug-likeness (QED) is 0.912. The van der Waals surface area contributed by atoms with Crippen molar-refractivity contribution >= 4 is 10.2 Å². The maximum Gasteiger partial charge on any atom is 0.281 e. The van der Waals surface area contributed by atoms with Crippen molar-refractivity contribution in [1.82, 2.24) is 18.6 Å². The van der Waals surface area contributed by atoms with Gasteiger partial charge in [-0.05, 0) is 32.6 Å². The number of aromatic nitrogens is 2. The first-order chi connectivity index (χ1) is 9.57. The molecule has 0 amide bonds. The third-order valence-corrected chi connectivity index (χ3v) is 6.21. The van der Waals surface area contributed by atoms with E-state index >= 15 is 0 Å². The summed E-state index contributed by atoms with van der Waals surface area (Å²) in [5.41, 5.74) is 1.03. The molecule has 6 nitrogen and oxygen atoms in total. The van der Waals surface area contributed by atoms with E-state index in [0.29, 0.717) is 26.2 Å². The highest BCUT2D eigenvalue weighted by molar-refractivity contribution is 7.86. The van der Waals surface area contributed by atoms with Gasteiger partial charge in [-0.25, -0.2) is 4.98 Å². The van der Waals surface area contributed by atoms with Crippen LogP contribution in [0, 0.1) is 6.92 Å². The molecule has 3 rings (SSSR count). The summed E-state index contributed by atoms with van der Waals surface area (Å²) in [7, 11) is -3.27. The minimum absolute atomic E-state index is 0.190. The van der Waals surface area contributed by atoms with Gasteiger partial charge in [0.2, 0.25) is 0 Å². The Labute approximate surface area is 120 Å². The lowest BCUT2D eigenvalue weighted by Crippen LogP contribution is -2.46. The van der Waals surface area contributed by atoms with E-state index in [0.717, 1.165) is 37.2 Å². The van der Waals surface area contributed by atoms with Gasteiger partial charge in [-0.15, -0.1) is 0 Å². The molecule has 3 heterocycles. The molecule has 0 radical (unpaired) electrons. The average molecular weight is 298 g/mol. The smallest absolute Gasteiger partial charge is 0.281 e. The van der Waals surface area contributed by atoms with Crippen LogP contribution >= 0.6 is 0 Å². The molecule has 20 heavy (non-hydrogen) atoms. The molecule has 1 aromatic heterocycles. The summed E-state index contributed by atoms with van der Waals surface area (Å²) in [6.07, 6.45) is 5.67. The topological polar surface area (TPSA) is 69.3 Å². The number of piperidine rings is 1. The highest BCUT2D eigenvalue weighted by atomic mass is 32.2. The maximum absolute atomic E-state index is 12.6. The molecular formula is C13H22N4O2S. The molecule has 0 aromatic carbocycles. The number of aryl methyl sites for hydroxylation is 1. The predicted octanol–water partition coefficient (Wildman–Crippen LogP) is 1.24. The molecule has 112 valence electrons. The van der Waals surface area contributed by atoms with Gasteiger partial charge in [0.05, 0.1) is 0 Å². The Kier molecular flexibility index (Phi) is 3.83. The van der Waals surface area contributed by atoms with Gasteiger partial charge in [0, 0.05) is 44.0 Å². The molecule has 1 unspecified atom stereocenters. The van der Waals surface area contributed by atoms with Crippen LogP contribution in [-0.2, 0) is 10.2 Å². The fraction of sp³-hybridized carbons (Fsp3) is 0.769. The standard InChI is InChI=1S/C13H22N4O2S/c1-11-9-14-13(15-11)12-5-4-8-17(10-12)20(18,19)16-6-2-3-7-16/h9,12H,2-8,10H2,1H3,(H,14,15). The van der Waals surface area contributed by atoms with Crippen molar-refractivity contribution in [3.05, 3.63) is 17.7 Å². The van der Waals surface area contributed by atoms with E-state index in [-0.39, 0.29) is 5.92 Å². The molecule has 0 bridgehead atoms. The number of nitrogens with one attached hydrogen (secondary N) is 1. The zero-order valence-corrected chi connectivity index (χ0v) is 12.7. The van der Waals surface area contributed by atoms with Crippen LogP contribution in [0.5, 0.6) is 0 Å². The molecular weight excluding hydrogens is 276 g/mol. The van der Waals surface area contributed by atoms with Crippen LogP contribution in [0.1, 0.15) is 43.1 Å². The van der Waals surface area contributed by atoms with Crippen molar-refractivity contribution < 1.29 is 8.42 Å². The normalized spacial score (nSPS) is 26.1. The van der Waals surface area contributed by atoms with Crippen molar-refractivity contribution in [2.45, 2.75) is 38.5 Å².